The van der Waals surface area contributed by atoms with Crippen LogP contribution in [0.2, 0.25) is 5.02 Å². The van der Waals surface area contributed by atoms with Crippen LogP contribution in [0.3, 0.4) is 0 Å². The van der Waals surface area contributed by atoms with Crippen LogP contribution in [0.25, 0.3) is 11.1 Å². The van der Waals surface area contributed by atoms with E-state index < -0.39 is 5.82 Å². The van der Waals surface area contributed by atoms with Gasteiger partial charge in [-0.25, -0.2) is 4.39 Å². The Balaban J connectivity index is 1.80. The summed E-state index contributed by atoms with van der Waals surface area (Å²) < 4.78 is 15.0. The quantitative estimate of drug-likeness (QED) is 0.550. The van der Waals surface area contributed by atoms with Gasteiger partial charge in [-0.15, -0.1) is 0 Å². The highest BCUT2D eigenvalue weighted by atomic mass is 35.5. The number of carbonyl (C=O) groups is 1. The molecule has 138 valence electrons. The van der Waals surface area contributed by atoms with E-state index >= 15 is 0 Å². The number of aromatic hydroxyl groups is 1. The monoisotopic (exact) mass is 384 g/mol. The molecule has 1 amide bonds. The topological polar surface area (TPSA) is 61.4 Å². The lowest BCUT2D eigenvalue weighted by Crippen LogP contribution is -2.06. The first-order valence-electron chi connectivity index (χ1n) is 8.32. The number of halogens is 2. The third-order valence-corrected chi connectivity index (χ3v) is 4.24. The zero-order valence-electron chi connectivity index (χ0n) is 14.6. The molecular weight excluding hydrogens is 367 g/mol. The van der Waals surface area contributed by atoms with Gasteiger partial charge >= 0.3 is 0 Å². The number of rotatable bonds is 5. The van der Waals surface area contributed by atoms with Gasteiger partial charge in [0.15, 0.2) is 0 Å². The molecule has 0 spiro atoms. The van der Waals surface area contributed by atoms with Crippen molar-refractivity contribution in [2.75, 3.05) is 10.6 Å². The minimum atomic E-state index is -0.500. The van der Waals surface area contributed by atoms with Gasteiger partial charge in [0.1, 0.15) is 11.6 Å². The summed E-state index contributed by atoms with van der Waals surface area (Å²) in [5.74, 6) is -0.784. The molecule has 3 rings (SSSR count). The average molecular weight is 385 g/mol. The summed E-state index contributed by atoms with van der Waals surface area (Å²) in [4.78, 5) is 11.0. The van der Waals surface area contributed by atoms with Crippen LogP contribution in [0.5, 0.6) is 5.75 Å². The van der Waals surface area contributed by atoms with Crippen molar-refractivity contribution in [2.45, 2.75) is 13.5 Å². The number of benzene rings is 3. The van der Waals surface area contributed by atoms with Crippen LogP contribution in [0.1, 0.15) is 12.5 Å². The minimum Gasteiger partial charge on any atom is -0.507 e. The highest BCUT2D eigenvalue weighted by molar-refractivity contribution is 6.30. The molecule has 0 aliphatic heterocycles. The van der Waals surface area contributed by atoms with Crippen molar-refractivity contribution in [2.24, 2.45) is 0 Å². The first kappa shape index (κ1) is 18.7. The highest BCUT2D eigenvalue weighted by Crippen LogP contribution is 2.35. The Labute approximate surface area is 161 Å². The van der Waals surface area contributed by atoms with Gasteiger partial charge in [0, 0.05) is 35.4 Å². The van der Waals surface area contributed by atoms with Crippen molar-refractivity contribution >= 4 is 28.9 Å². The predicted molar refractivity (Wildman–Crippen MR) is 107 cm³/mol. The molecule has 0 aliphatic rings. The van der Waals surface area contributed by atoms with Crippen LogP contribution in [0, 0.1) is 5.82 Å². The van der Waals surface area contributed by atoms with Crippen molar-refractivity contribution < 1.29 is 14.3 Å². The van der Waals surface area contributed by atoms with Crippen molar-refractivity contribution in [3.8, 4) is 16.9 Å². The molecule has 27 heavy (non-hydrogen) atoms. The zero-order valence-corrected chi connectivity index (χ0v) is 15.3. The Morgan fingerprint density at radius 3 is 2.44 bits per heavy atom. The maximum absolute atomic E-state index is 15.0. The fourth-order valence-electron chi connectivity index (χ4n) is 2.74. The number of amides is 1. The minimum absolute atomic E-state index is 0.123. The molecule has 6 heteroatoms. The number of phenolic OH excluding ortho intramolecular Hbond substituents is 1. The third kappa shape index (κ3) is 4.57. The molecule has 0 unspecified atom stereocenters. The van der Waals surface area contributed by atoms with E-state index in [2.05, 4.69) is 10.6 Å². The summed E-state index contributed by atoms with van der Waals surface area (Å²) in [6.07, 6.45) is 0. The molecule has 0 fully saturated rings. The lowest BCUT2D eigenvalue weighted by atomic mass is 10.0. The molecule has 0 bridgehead atoms. The smallest absolute Gasteiger partial charge is 0.221 e. The van der Waals surface area contributed by atoms with E-state index in [-0.39, 0.29) is 23.8 Å². The summed E-state index contributed by atoms with van der Waals surface area (Å²) in [5.41, 5.74) is 2.51. The molecule has 4 nitrogen and oxygen atoms in total. The fraction of sp³-hybridized carbons (Fsp3) is 0.0952. The molecule has 3 aromatic carbocycles. The molecule has 0 radical (unpaired) electrons. The molecule has 0 aliphatic carbocycles. The summed E-state index contributed by atoms with van der Waals surface area (Å²) in [6.45, 7) is 1.68. The maximum atomic E-state index is 15.0. The lowest BCUT2D eigenvalue weighted by Gasteiger charge is -2.13. The molecule has 0 atom stereocenters. The van der Waals surface area contributed by atoms with E-state index in [0.29, 0.717) is 21.8 Å². The van der Waals surface area contributed by atoms with Gasteiger partial charge in [0.05, 0.1) is 5.56 Å². The first-order valence-corrected chi connectivity index (χ1v) is 8.69. The molecule has 0 aromatic heterocycles. The zero-order chi connectivity index (χ0) is 19.4. The number of phenols is 1. The van der Waals surface area contributed by atoms with Crippen molar-refractivity contribution in [1.29, 1.82) is 0 Å². The second-order valence-corrected chi connectivity index (χ2v) is 6.49. The molecule has 0 saturated heterocycles. The van der Waals surface area contributed by atoms with Crippen LogP contribution in [0.15, 0.2) is 60.7 Å². The van der Waals surface area contributed by atoms with Gasteiger partial charge in [-0.2, -0.15) is 0 Å². The van der Waals surface area contributed by atoms with E-state index in [1.165, 1.54) is 19.1 Å². The van der Waals surface area contributed by atoms with E-state index in [9.17, 15) is 14.3 Å². The summed E-state index contributed by atoms with van der Waals surface area (Å²) >= 11 is 5.98. The third-order valence-electron chi connectivity index (χ3n) is 4.00. The van der Waals surface area contributed by atoms with Gasteiger partial charge in [0.25, 0.3) is 0 Å². The van der Waals surface area contributed by atoms with E-state index in [1.54, 1.807) is 48.5 Å². The average Bonchev–Trinajstić information content (AvgIpc) is 2.62. The predicted octanol–water partition coefficient (Wildman–Crippen LogP) is 5.42. The van der Waals surface area contributed by atoms with Crippen molar-refractivity contribution in [3.63, 3.8) is 0 Å². The van der Waals surface area contributed by atoms with Gasteiger partial charge in [-0.1, -0.05) is 29.8 Å². The van der Waals surface area contributed by atoms with Crippen LogP contribution in [-0.4, -0.2) is 11.0 Å². The number of nitrogens with one attached hydrogen (secondary N) is 2. The molecule has 3 aromatic rings. The maximum Gasteiger partial charge on any atom is 0.221 e. The van der Waals surface area contributed by atoms with Crippen molar-refractivity contribution in [3.05, 3.63) is 77.1 Å². The Kier molecular flexibility index (Phi) is 5.62. The normalized spacial score (nSPS) is 10.5. The Morgan fingerprint density at radius 2 is 1.78 bits per heavy atom. The fourth-order valence-corrected chi connectivity index (χ4v) is 2.93. The van der Waals surface area contributed by atoms with Crippen LogP contribution >= 0.6 is 11.6 Å². The first-order chi connectivity index (χ1) is 12.9. The van der Waals surface area contributed by atoms with Crippen LogP contribution in [0.4, 0.5) is 15.8 Å². The highest BCUT2D eigenvalue weighted by Gasteiger charge is 2.15. The molecule has 3 N–H and O–H groups in total. The van der Waals surface area contributed by atoms with Crippen molar-refractivity contribution in [1.82, 2.24) is 0 Å². The Morgan fingerprint density at radius 1 is 1.07 bits per heavy atom. The second-order valence-electron chi connectivity index (χ2n) is 6.06. The largest absolute Gasteiger partial charge is 0.507 e. The molecule has 0 heterocycles. The van der Waals surface area contributed by atoms with Gasteiger partial charge in [0.2, 0.25) is 5.91 Å². The number of hydrogen-bond acceptors (Lipinski definition) is 3. The van der Waals surface area contributed by atoms with Gasteiger partial charge < -0.3 is 15.7 Å². The van der Waals surface area contributed by atoms with E-state index in [1.807, 2.05) is 0 Å². The number of anilines is 2. The Hall–Kier alpha value is -3.05. The molecule has 0 saturated carbocycles. The van der Waals surface area contributed by atoms with Gasteiger partial charge in [-0.05, 0) is 48.0 Å². The number of carbonyl (C=O) groups excluding carboxylic acids is 1. The molecular formula is C21H18ClFN2O2. The summed E-state index contributed by atoms with van der Waals surface area (Å²) in [5, 5.41) is 16.4. The standard InChI is InChI=1S/C21H18ClFN2O2/c1-13(26)25-18-8-6-17(7-9-18)24-12-15-5-10-19(27)20(21(15)23)14-3-2-4-16(22)11-14/h2-11,24,27H,12H2,1H3,(H,25,26). The van der Waals surface area contributed by atoms with Crippen LogP contribution in [-0.2, 0) is 11.3 Å². The number of hydrogen-bond donors (Lipinski definition) is 3. The van der Waals surface area contributed by atoms with E-state index in [0.717, 1.165) is 5.69 Å². The SMILES string of the molecule is CC(=O)Nc1ccc(NCc2ccc(O)c(-c3cccc(Cl)c3)c2F)cc1. The lowest BCUT2D eigenvalue weighted by molar-refractivity contribution is -0.114. The second kappa shape index (κ2) is 8.10. The van der Waals surface area contributed by atoms with Gasteiger partial charge in [-0.3, -0.25) is 4.79 Å². The summed E-state index contributed by atoms with van der Waals surface area (Å²) in [7, 11) is 0. The van der Waals surface area contributed by atoms with E-state index in [4.69, 9.17) is 11.6 Å². The Bertz CT molecular complexity index is 974. The summed E-state index contributed by atoms with van der Waals surface area (Å²) in [6, 6.07) is 16.8. The van der Waals surface area contributed by atoms with Crippen LogP contribution < -0.4 is 10.6 Å².